The largest absolute Gasteiger partial charge is 0.382 e. The monoisotopic (exact) mass is 1250 g/mol. The van der Waals surface area contributed by atoms with E-state index in [2.05, 4.69) is 133 Å². The molecule has 90 heavy (non-hydrogen) atoms. The van der Waals surface area contributed by atoms with Crippen LogP contribution in [-0.4, -0.2) is 139 Å². The van der Waals surface area contributed by atoms with Crippen molar-refractivity contribution in [3.63, 3.8) is 0 Å². The molecule has 0 radical (unpaired) electrons. The van der Waals surface area contributed by atoms with E-state index in [0.29, 0.717) is 93.2 Å². The minimum atomic E-state index is -0.289. The number of nitrogens with zero attached hydrogens (tertiary/aromatic N) is 16. The molecule has 10 aromatic rings. The third-order valence-corrected chi connectivity index (χ3v) is 12.9. The summed E-state index contributed by atoms with van der Waals surface area (Å²) in [5, 5.41) is 12.5. The number of fused-ring (bicyclic) bond motifs is 5. The van der Waals surface area contributed by atoms with Gasteiger partial charge in [-0.1, -0.05) is 0 Å². The van der Waals surface area contributed by atoms with Gasteiger partial charge in [-0.05, 0) is 123 Å². The van der Waals surface area contributed by atoms with Crippen LogP contribution in [0.2, 0.25) is 0 Å². The van der Waals surface area contributed by atoms with Gasteiger partial charge in [-0.25, -0.2) is 24.7 Å². The first kappa shape index (κ1) is 69.8. The number of hydrogen-bond acceptors (Lipinski definition) is 27. The molecule has 0 amide bonds. The van der Waals surface area contributed by atoms with E-state index in [0.717, 1.165) is 29.7 Å². The van der Waals surface area contributed by atoms with Gasteiger partial charge in [-0.2, -0.15) is 34.9 Å². The van der Waals surface area contributed by atoms with E-state index in [9.17, 15) is 14.4 Å². The number of nitrogens with one attached hydrogen (secondary N) is 7. The number of imidazole rings is 4. The fourth-order valence-electron chi connectivity index (χ4n) is 8.40. The van der Waals surface area contributed by atoms with Crippen LogP contribution in [0, 0.1) is 0 Å². The Morgan fingerprint density at radius 1 is 0.478 bits per heavy atom. The van der Waals surface area contributed by atoms with E-state index >= 15 is 0 Å². The van der Waals surface area contributed by atoms with Crippen LogP contribution in [0.15, 0.2) is 52.0 Å². The Balaban J connectivity index is 0.000000179. The van der Waals surface area contributed by atoms with E-state index in [4.69, 9.17) is 49.6 Å². The first-order valence-electron chi connectivity index (χ1n) is 28.9. The molecular formula is C55H90N30O5. The highest BCUT2D eigenvalue weighted by Crippen LogP contribution is 2.27. The number of nitrogens with two attached hydrogens (primary N) is 7. The Labute approximate surface area is 518 Å². The van der Waals surface area contributed by atoms with E-state index in [1.54, 1.807) is 29.9 Å². The van der Waals surface area contributed by atoms with E-state index < -0.39 is 0 Å². The van der Waals surface area contributed by atoms with Crippen LogP contribution < -0.4 is 78.2 Å². The third kappa shape index (κ3) is 17.5. The number of H-pyrrole nitrogens is 3. The number of nitrogen functional groups attached to an aromatic ring is 2. The molecule has 10 rings (SSSR count). The molecule has 0 aliphatic carbocycles. The Morgan fingerprint density at radius 2 is 0.889 bits per heavy atom. The lowest BCUT2D eigenvalue weighted by Gasteiger charge is -2.21. The van der Waals surface area contributed by atoms with Crippen molar-refractivity contribution in [2.45, 2.75) is 145 Å². The minimum Gasteiger partial charge on any atom is -0.382 e. The average Bonchev–Trinajstić information content (AvgIpc) is 2.24. The number of aromatic amines is 3. The number of rotatable bonds is 15. The molecule has 0 atom stereocenters. The minimum absolute atomic E-state index is 0.0966. The van der Waals surface area contributed by atoms with Crippen molar-refractivity contribution in [2.75, 3.05) is 79.4 Å². The summed E-state index contributed by atoms with van der Waals surface area (Å²) in [7, 11) is 0. The summed E-state index contributed by atoms with van der Waals surface area (Å²) in [6.07, 6.45) is 9.39. The molecule has 35 nitrogen and oxygen atoms in total. The predicted octanol–water partition coefficient (Wildman–Crippen LogP) is 2.71. The summed E-state index contributed by atoms with van der Waals surface area (Å²) >= 11 is 0. The maximum Gasteiger partial charge on any atom is 0.350 e. The summed E-state index contributed by atoms with van der Waals surface area (Å²) in [4.78, 5) is 90.3. The van der Waals surface area contributed by atoms with Crippen LogP contribution in [0.3, 0.4) is 0 Å². The first-order chi connectivity index (χ1) is 42.1. The van der Waals surface area contributed by atoms with Crippen molar-refractivity contribution in [3.8, 4) is 0 Å². The molecule has 0 aliphatic rings. The highest BCUT2D eigenvalue weighted by Gasteiger charge is 2.24. The molecule has 0 spiro atoms. The smallest absolute Gasteiger partial charge is 0.350 e. The predicted molar refractivity (Wildman–Crippen MR) is 351 cm³/mol. The van der Waals surface area contributed by atoms with E-state index in [1.165, 1.54) is 0 Å². The highest BCUT2D eigenvalue weighted by atomic mass is 16.5. The van der Waals surface area contributed by atoms with Gasteiger partial charge in [0.15, 0.2) is 45.3 Å². The fraction of sp³-hybridized carbons (Fsp3) is 0.527. The van der Waals surface area contributed by atoms with Gasteiger partial charge in [0.05, 0.1) is 58.7 Å². The van der Waals surface area contributed by atoms with Gasteiger partial charge in [0.25, 0.3) is 11.1 Å². The highest BCUT2D eigenvalue weighted by molar-refractivity contribution is 5.84. The van der Waals surface area contributed by atoms with Crippen molar-refractivity contribution >= 4 is 91.1 Å². The molecule has 35 heteroatoms. The van der Waals surface area contributed by atoms with Crippen molar-refractivity contribution in [1.82, 2.24) is 92.6 Å². The van der Waals surface area contributed by atoms with Crippen LogP contribution in [0.4, 0.5) is 35.4 Å². The molecule has 0 saturated carbocycles. The topological polar surface area (TPSA) is 514 Å². The van der Waals surface area contributed by atoms with Gasteiger partial charge in [-0.15, -0.1) is 0 Å². The standard InChI is InChI=1S/C12H21N7.C12H18N4O2.C11H18N6O2.C10H17N7.C10H16N6O/c1-12(2,3)19-7-16-8-9(14)17-11(18-10(8)19)15-6-4-5-13;1-12(2,3)16-5-8-4-9(6-18-7-13)14-10(8)15-11(16)17;1-11(2,3)17-5-13-7-8(17)15-10(16-9(7)18)14-6-19-4-12;1-10(2,3)17-5-14-6-7(12)15-9(13-4-11)16-8(6)17;1-10(2,3)16-5-13-6-7(16)14-9(12-4-11)15-8(6)17/h7H,4-6,13H2,1-3H3,(H3,14,15,17,18);4-5H,6-7,13H2,1-3H3,(H,14,15,17);5H,4,6,12H2,1-3H3,(H2,14,15,16,18);5H,4,11H2,1-3H3,(H3,12,13,15,16);5H,4,11H2,1-3H3,(H2,12,14,15,17). The SMILES string of the molecule is CC(C)(C)n1cc2cc(COCN)[nH]c2nc1=O.CC(C)(C)n1cnc2c(=O)[nH]c(NCN)nc21.CC(C)(C)n1cnc2c(=O)[nH]c(NCOCN)nc21.CC(C)(C)n1cnc2c(N)nc(NCCCN)nc21.CC(C)(C)n1cnc2c(N)nc(NCN)nc21. The van der Waals surface area contributed by atoms with Crippen LogP contribution >= 0.6 is 0 Å². The van der Waals surface area contributed by atoms with Crippen LogP contribution in [0.5, 0.6) is 0 Å². The zero-order valence-corrected chi connectivity index (χ0v) is 54.1. The zero-order chi connectivity index (χ0) is 66.7. The van der Waals surface area contributed by atoms with E-state index in [1.807, 2.05) is 92.8 Å². The van der Waals surface area contributed by atoms with Crippen LogP contribution in [0.25, 0.3) is 55.7 Å². The molecule has 0 aromatic carbocycles. The van der Waals surface area contributed by atoms with Crippen LogP contribution in [0.1, 0.15) is 116 Å². The average molecular weight is 1250 g/mol. The normalized spacial score (nSPS) is 12.0. The molecule has 10 heterocycles. The van der Waals surface area contributed by atoms with Gasteiger partial charge in [-0.3, -0.25) is 24.1 Å². The van der Waals surface area contributed by atoms with Crippen molar-refractivity contribution in [1.29, 1.82) is 0 Å². The fourth-order valence-corrected chi connectivity index (χ4v) is 8.40. The van der Waals surface area contributed by atoms with Gasteiger partial charge in [0.2, 0.25) is 23.8 Å². The third-order valence-electron chi connectivity index (χ3n) is 12.9. The molecule has 0 unspecified atom stereocenters. The number of anilines is 6. The maximum atomic E-state index is 11.9. The number of ether oxygens (including phenoxy) is 2. The van der Waals surface area contributed by atoms with Gasteiger partial charge in [0.1, 0.15) is 23.4 Å². The second-order valence-electron chi connectivity index (χ2n) is 25.2. The maximum absolute atomic E-state index is 11.9. The summed E-state index contributed by atoms with van der Waals surface area (Å²) in [5.41, 5.74) is 42.6. The summed E-state index contributed by atoms with van der Waals surface area (Å²) < 4.78 is 19.4. The Hall–Kier alpha value is -9.26. The molecule has 0 aliphatic heterocycles. The number of hydrogen-bond donors (Lipinski definition) is 14. The van der Waals surface area contributed by atoms with Gasteiger partial charge in [0, 0.05) is 51.5 Å². The van der Waals surface area contributed by atoms with Crippen molar-refractivity contribution < 1.29 is 9.47 Å². The summed E-state index contributed by atoms with van der Waals surface area (Å²) in [6.45, 7) is 33.1. The Kier molecular flexibility index (Phi) is 22.4. The van der Waals surface area contributed by atoms with Crippen LogP contribution in [-0.2, 0) is 43.8 Å². The molecule has 10 aromatic heterocycles. The van der Waals surface area contributed by atoms with Gasteiger partial charge < -0.3 is 94.1 Å². The molecule has 0 bridgehead atoms. The lowest BCUT2D eigenvalue weighted by molar-refractivity contribution is 0.125. The quantitative estimate of drug-likeness (QED) is 0.0518. The number of aromatic nitrogens is 19. The Bertz CT molecular complexity index is 4170. The second kappa shape index (κ2) is 28.9. The van der Waals surface area contributed by atoms with Crippen molar-refractivity contribution in [3.05, 3.63) is 74.5 Å². The van der Waals surface area contributed by atoms with Gasteiger partial charge >= 0.3 is 5.69 Å². The lowest BCUT2D eigenvalue weighted by atomic mass is 10.1. The van der Waals surface area contributed by atoms with E-state index in [-0.39, 0.29) is 78.0 Å². The summed E-state index contributed by atoms with van der Waals surface area (Å²) in [5.74, 6) is 2.37. The molecular weight excluding hydrogens is 1160 g/mol. The molecule has 490 valence electrons. The summed E-state index contributed by atoms with van der Waals surface area (Å²) in [6, 6.07) is 1.92. The first-order valence-corrected chi connectivity index (χ1v) is 28.9. The zero-order valence-electron chi connectivity index (χ0n) is 54.1. The molecule has 0 saturated heterocycles. The second-order valence-corrected chi connectivity index (χ2v) is 25.2. The van der Waals surface area contributed by atoms with Crippen molar-refractivity contribution in [2.24, 2.45) is 28.7 Å². The molecule has 21 N–H and O–H groups in total. The Morgan fingerprint density at radius 3 is 1.30 bits per heavy atom. The molecule has 0 fully saturated rings. The lowest BCUT2D eigenvalue weighted by Crippen LogP contribution is -2.34.